The molecule has 0 fully saturated rings. The molecule has 0 atom stereocenters. The quantitative estimate of drug-likeness (QED) is 0.692. The van der Waals surface area contributed by atoms with Crippen LogP contribution in [0.1, 0.15) is 27.2 Å². The van der Waals surface area contributed by atoms with Gasteiger partial charge in [-0.25, -0.2) is 0 Å². The molecule has 0 spiro atoms. The molecule has 0 radical (unpaired) electrons. The number of amides is 1. The Labute approximate surface area is 157 Å². The highest BCUT2D eigenvalue weighted by Crippen LogP contribution is 2.11. The Morgan fingerprint density at radius 3 is 2.19 bits per heavy atom. The van der Waals surface area contributed by atoms with Gasteiger partial charge in [0.05, 0.1) is 0 Å². The van der Waals surface area contributed by atoms with E-state index in [2.05, 4.69) is 20.8 Å². The SMILES string of the molecule is Cc1ccc(CNC(=O)c2ccc(NCc3ccc(Cl)cc3)nn2)cc1. The number of anilines is 1. The van der Waals surface area contributed by atoms with Crippen molar-refractivity contribution in [3.8, 4) is 0 Å². The van der Waals surface area contributed by atoms with Gasteiger partial charge in [0.25, 0.3) is 5.91 Å². The van der Waals surface area contributed by atoms with Gasteiger partial charge in [0.15, 0.2) is 5.69 Å². The number of hydrogen-bond donors (Lipinski definition) is 2. The molecule has 1 amide bonds. The van der Waals surface area contributed by atoms with Crippen LogP contribution in [0, 0.1) is 6.92 Å². The van der Waals surface area contributed by atoms with E-state index in [1.165, 1.54) is 5.56 Å². The number of carbonyl (C=O) groups excluding carboxylic acids is 1. The predicted molar refractivity (Wildman–Crippen MR) is 103 cm³/mol. The summed E-state index contributed by atoms with van der Waals surface area (Å²) in [6, 6.07) is 19.0. The number of carbonyl (C=O) groups is 1. The Morgan fingerprint density at radius 2 is 1.54 bits per heavy atom. The second kappa shape index (κ2) is 8.45. The molecule has 0 bridgehead atoms. The number of nitrogens with one attached hydrogen (secondary N) is 2. The summed E-state index contributed by atoms with van der Waals surface area (Å²) >= 11 is 5.87. The Bertz CT molecular complexity index is 862. The van der Waals surface area contributed by atoms with Gasteiger partial charge in [0.2, 0.25) is 0 Å². The molecule has 2 aromatic carbocycles. The lowest BCUT2D eigenvalue weighted by Gasteiger charge is -2.07. The van der Waals surface area contributed by atoms with E-state index in [0.717, 1.165) is 11.1 Å². The first-order valence-electron chi connectivity index (χ1n) is 8.26. The van der Waals surface area contributed by atoms with E-state index < -0.39 is 0 Å². The summed E-state index contributed by atoms with van der Waals surface area (Å²) in [6.07, 6.45) is 0. The average molecular weight is 367 g/mol. The van der Waals surface area contributed by atoms with Gasteiger partial charge < -0.3 is 10.6 Å². The van der Waals surface area contributed by atoms with Gasteiger partial charge in [-0.3, -0.25) is 4.79 Å². The van der Waals surface area contributed by atoms with E-state index in [1.807, 2.05) is 55.5 Å². The van der Waals surface area contributed by atoms with E-state index in [0.29, 0.717) is 23.9 Å². The lowest BCUT2D eigenvalue weighted by molar-refractivity contribution is 0.0945. The third kappa shape index (κ3) is 5.04. The van der Waals surface area contributed by atoms with E-state index in [-0.39, 0.29) is 11.6 Å². The summed E-state index contributed by atoms with van der Waals surface area (Å²) in [5.41, 5.74) is 3.59. The maximum Gasteiger partial charge on any atom is 0.272 e. The molecule has 1 heterocycles. The van der Waals surface area contributed by atoms with Crippen LogP contribution >= 0.6 is 11.6 Å². The third-order valence-electron chi connectivity index (χ3n) is 3.86. The summed E-state index contributed by atoms with van der Waals surface area (Å²) in [4.78, 5) is 12.2. The molecular weight excluding hydrogens is 348 g/mol. The van der Waals surface area contributed by atoms with Crippen molar-refractivity contribution in [3.63, 3.8) is 0 Å². The molecule has 0 aliphatic carbocycles. The number of nitrogens with zero attached hydrogens (tertiary/aromatic N) is 2. The van der Waals surface area contributed by atoms with Gasteiger partial charge in [0.1, 0.15) is 5.82 Å². The van der Waals surface area contributed by atoms with Crippen molar-refractivity contribution in [1.82, 2.24) is 15.5 Å². The van der Waals surface area contributed by atoms with Gasteiger partial charge in [-0.15, -0.1) is 10.2 Å². The third-order valence-corrected chi connectivity index (χ3v) is 4.11. The lowest BCUT2D eigenvalue weighted by atomic mass is 10.1. The van der Waals surface area contributed by atoms with E-state index in [4.69, 9.17) is 11.6 Å². The molecule has 5 nitrogen and oxygen atoms in total. The van der Waals surface area contributed by atoms with Crippen molar-refractivity contribution in [2.75, 3.05) is 5.32 Å². The molecule has 0 aliphatic heterocycles. The predicted octanol–water partition coefficient (Wildman–Crippen LogP) is 3.98. The van der Waals surface area contributed by atoms with Crippen LogP contribution in [-0.2, 0) is 13.1 Å². The van der Waals surface area contributed by atoms with Gasteiger partial charge in [-0.1, -0.05) is 53.6 Å². The first-order chi connectivity index (χ1) is 12.6. The number of hydrogen-bond acceptors (Lipinski definition) is 4. The van der Waals surface area contributed by atoms with Gasteiger partial charge >= 0.3 is 0 Å². The highest BCUT2D eigenvalue weighted by Gasteiger charge is 2.08. The van der Waals surface area contributed by atoms with Crippen LogP contribution in [0.2, 0.25) is 5.02 Å². The molecule has 0 saturated carbocycles. The summed E-state index contributed by atoms with van der Waals surface area (Å²) in [6.45, 7) is 3.09. The first kappa shape index (κ1) is 17.9. The van der Waals surface area contributed by atoms with Crippen LogP contribution in [0.3, 0.4) is 0 Å². The summed E-state index contributed by atoms with van der Waals surface area (Å²) < 4.78 is 0. The molecule has 26 heavy (non-hydrogen) atoms. The van der Waals surface area contributed by atoms with Gasteiger partial charge in [-0.05, 0) is 42.3 Å². The average Bonchev–Trinajstić information content (AvgIpc) is 2.67. The molecule has 1 aromatic heterocycles. The minimum Gasteiger partial charge on any atom is -0.365 e. The Balaban J connectivity index is 1.52. The summed E-state index contributed by atoms with van der Waals surface area (Å²) in [5.74, 6) is 0.359. The van der Waals surface area contributed by atoms with E-state index in [9.17, 15) is 4.79 Å². The number of aryl methyl sites for hydroxylation is 1. The number of rotatable bonds is 6. The van der Waals surface area contributed by atoms with Crippen molar-refractivity contribution in [2.24, 2.45) is 0 Å². The normalized spacial score (nSPS) is 10.4. The molecular formula is C20H19ClN4O. The van der Waals surface area contributed by atoms with Gasteiger partial charge in [0, 0.05) is 18.1 Å². The molecule has 6 heteroatoms. The monoisotopic (exact) mass is 366 g/mol. The van der Waals surface area contributed by atoms with Crippen molar-refractivity contribution in [3.05, 3.63) is 88.1 Å². The van der Waals surface area contributed by atoms with E-state index >= 15 is 0 Å². The maximum absolute atomic E-state index is 12.2. The fourth-order valence-corrected chi connectivity index (χ4v) is 2.45. The van der Waals surface area contributed by atoms with Crippen LogP contribution in [0.4, 0.5) is 5.82 Å². The molecule has 0 unspecified atom stereocenters. The van der Waals surface area contributed by atoms with Crippen LogP contribution in [0.5, 0.6) is 0 Å². The molecule has 0 aliphatic rings. The Hall–Kier alpha value is -2.92. The second-order valence-electron chi connectivity index (χ2n) is 5.95. The van der Waals surface area contributed by atoms with Crippen molar-refractivity contribution in [2.45, 2.75) is 20.0 Å². The fraction of sp³-hybridized carbons (Fsp3) is 0.150. The maximum atomic E-state index is 12.2. The molecule has 3 aromatic rings. The van der Waals surface area contributed by atoms with Gasteiger partial charge in [-0.2, -0.15) is 0 Å². The highest BCUT2D eigenvalue weighted by atomic mass is 35.5. The van der Waals surface area contributed by atoms with Crippen molar-refractivity contribution in [1.29, 1.82) is 0 Å². The van der Waals surface area contributed by atoms with Crippen molar-refractivity contribution >= 4 is 23.3 Å². The number of benzene rings is 2. The topological polar surface area (TPSA) is 66.9 Å². The molecule has 0 saturated heterocycles. The second-order valence-corrected chi connectivity index (χ2v) is 6.39. The fourth-order valence-electron chi connectivity index (χ4n) is 2.32. The molecule has 2 N–H and O–H groups in total. The number of halogens is 1. The minimum absolute atomic E-state index is 0.248. The zero-order valence-electron chi connectivity index (χ0n) is 14.4. The van der Waals surface area contributed by atoms with Crippen LogP contribution in [-0.4, -0.2) is 16.1 Å². The summed E-state index contributed by atoms with van der Waals surface area (Å²) in [7, 11) is 0. The van der Waals surface area contributed by atoms with E-state index in [1.54, 1.807) is 12.1 Å². The smallest absolute Gasteiger partial charge is 0.272 e. The van der Waals surface area contributed by atoms with Crippen molar-refractivity contribution < 1.29 is 4.79 Å². The minimum atomic E-state index is -0.248. The highest BCUT2D eigenvalue weighted by molar-refractivity contribution is 6.30. The first-order valence-corrected chi connectivity index (χ1v) is 8.64. The van der Waals surface area contributed by atoms with Crippen LogP contribution in [0.15, 0.2) is 60.7 Å². The zero-order valence-corrected chi connectivity index (χ0v) is 15.1. The Kier molecular flexibility index (Phi) is 5.81. The largest absolute Gasteiger partial charge is 0.365 e. The standard InChI is InChI=1S/C20H19ClN4O/c1-14-2-4-15(5-3-14)13-23-20(26)18-10-11-19(25-24-18)22-12-16-6-8-17(21)9-7-16/h2-11H,12-13H2,1H3,(H,22,25)(H,23,26). The Morgan fingerprint density at radius 1 is 0.885 bits per heavy atom. The molecule has 3 rings (SSSR count). The van der Waals surface area contributed by atoms with Crippen LogP contribution < -0.4 is 10.6 Å². The number of aromatic nitrogens is 2. The lowest BCUT2D eigenvalue weighted by Crippen LogP contribution is -2.24. The van der Waals surface area contributed by atoms with Crippen LogP contribution in [0.25, 0.3) is 0 Å². The zero-order chi connectivity index (χ0) is 18.4. The molecule has 132 valence electrons. The summed E-state index contributed by atoms with van der Waals surface area (Å²) in [5, 5.41) is 14.7.